The van der Waals surface area contributed by atoms with Crippen molar-refractivity contribution in [2.75, 3.05) is 0 Å². The van der Waals surface area contributed by atoms with E-state index in [2.05, 4.69) is 25.4 Å². The molecular formula is C15H15N5O2S. The molecule has 0 aromatic carbocycles. The molecule has 118 valence electrons. The second kappa shape index (κ2) is 6.25. The zero-order valence-corrected chi connectivity index (χ0v) is 13.8. The van der Waals surface area contributed by atoms with Crippen molar-refractivity contribution in [3.8, 4) is 10.8 Å². The van der Waals surface area contributed by atoms with Crippen molar-refractivity contribution in [1.29, 1.82) is 0 Å². The van der Waals surface area contributed by atoms with Crippen LogP contribution in [0.4, 0.5) is 0 Å². The van der Waals surface area contributed by atoms with Crippen LogP contribution in [0.25, 0.3) is 10.8 Å². The summed E-state index contributed by atoms with van der Waals surface area (Å²) in [6, 6.07) is 1.74. The normalized spacial score (nSPS) is 10.7. The van der Waals surface area contributed by atoms with Gasteiger partial charge in [-0.1, -0.05) is 5.16 Å². The zero-order valence-electron chi connectivity index (χ0n) is 13.0. The molecule has 3 heterocycles. The van der Waals surface area contributed by atoms with Crippen molar-refractivity contribution in [3.63, 3.8) is 0 Å². The van der Waals surface area contributed by atoms with E-state index in [1.807, 2.05) is 13.8 Å². The third-order valence-corrected chi connectivity index (χ3v) is 4.52. The number of thiazole rings is 1. The molecule has 8 heteroatoms. The molecule has 0 aliphatic rings. The van der Waals surface area contributed by atoms with Crippen LogP contribution in [0.3, 0.4) is 0 Å². The number of amides is 1. The molecule has 0 saturated heterocycles. The van der Waals surface area contributed by atoms with Gasteiger partial charge in [-0.2, -0.15) is 0 Å². The SMILES string of the molecule is Cc1nc(-c2ncccn2)sc1C(=O)NCc1c(C)noc1C. The molecule has 3 aromatic rings. The minimum absolute atomic E-state index is 0.179. The lowest BCUT2D eigenvalue weighted by atomic mass is 10.2. The van der Waals surface area contributed by atoms with Crippen LogP contribution in [0.5, 0.6) is 0 Å². The van der Waals surface area contributed by atoms with Crippen molar-refractivity contribution in [2.24, 2.45) is 0 Å². The highest BCUT2D eigenvalue weighted by molar-refractivity contribution is 7.17. The molecule has 0 unspecified atom stereocenters. The quantitative estimate of drug-likeness (QED) is 0.790. The Labute approximate surface area is 136 Å². The van der Waals surface area contributed by atoms with Gasteiger partial charge in [0.2, 0.25) is 0 Å². The summed E-state index contributed by atoms with van der Waals surface area (Å²) in [5, 5.41) is 7.39. The first-order chi connectivity index (χ1) is 11.1. The van der Waals surface area contributed by atoms with Crippen LogP contribution in [0.15, 0.2) is 23.0 Å². The van der Waals surface area contributed by atoms with E-state index in [9.17, 15) is 4.79 Å². The number of aromatic nitrogens is 4. The van der Waals surface area contributed by atoms with Crippen LogP contribution in [0.2, 0.25) is 0 Å². The van der Waals surface area contributed by atoms with Crippen molar-refractivity contribution in [2.45, 2.75) is 27.3 Å². The van der Waals surface area contributed by atoms with Crippen LogP contribution < -0.4 is 5.32 Å². The lowest BCUT2D eigenvalue weighted by Crippen LogP contribution is -2.23. The fourth-order valence-corrected chi connectivity index (χ4v) is 3.05. The number of hydrogen-bond acceptors (Lipinski definition) is 7. The Balaban J connectivity index is 1.77. The molecule has 0 fully saturated rings. The molecule has 0 atom stereocenters. The molecule has 0 saturated carbocycles. The molecule has 0 aliphatic heterocycles. The second-order valence-corrected chi connectivity index (χ2v) is 5.99. The van der Waals surface area contributed by atoms with Gasteiger partial charge in [0.05, 0.1) is 11.4 Å². The molecule has 23 heavy (non-hydrogen) atoms. The molecule has 1 N–H and O–H groups in total. The Bertz CT molecular complexity index is 821. The van der Waals surface area contributed by atoms with E-state index in [-0.39, 0.29) is 5.91 Å². The van der Waals surface area contributed by atoms with Crippen LogP contribution in [-0.2, 0) is 6.54 Å². The predicted octanol–water partition coefficient (Wildman–Crippen LogP) is 2.44. The molecule has 3 aromatic heterocycles. The Hall–Kier alpha value is -2.61. The Morgan fingerprint density at radius 2 is 1.96 bits per heavy atom. The van der Waals surface area contributed by atoms with Gasteiger partial charge in [0.25, 0.3) is 5.91 Å². The zero-order chi connectivity index (χ0) is 16.4. The van der Waals surface area contributed by atoms with E-state index in [1.54, 1.807) is 25.4 Å². The van der Waals surface area contributed by atoms with Crippen molar-refractivity contribution < 1.29 is 9.32 Å². The number of carbonyl (C=O) groups is 1. The highest BCUT2D eigenvalue weighted by Gasteiger charge is 2.18. The van der Waals surface area contributed by atoms with E-state index in [4.69, 9.17) is 4.52 Å². The summed E-state index contributed by atoms with van der Waals surface area (Å²) in [5.41, 5.74) is 2.34. The summed E-state index contributed by atoms with van der Waals surface area (Å²) in [7, 11) is 0. The maximum Gasteiger partial charge on any atom is 0.263 e. The predicted molar refractivity (Wildman–Crippen MR) is 85.0 cm³/mol. The molecular weight excluding hydrogens is 314 g/mol. The molecule has 3 rings (SSSR count). The first kappa shape index (κ1) is 15.3. The van der Waals surface area contributed by atoms with Crippen LogP contribution in [0, 0.1) is 20.8 Å². The second-order valence-electron chi connectivity index (χ2n) is 4.99. The van der Waals surface area contributed by atoms with E-state index in [0.29, 0.717) is 33.7 Å². The van der Waals surface area contributed by atoms with Gasteiger partial charge < -0.3 is 9.84 Å². The first-order valence-electron chi connectivity index (χ1n) is 7.01. The van der Waals surface area contributed by atoms with Gasteiger partial charge in [-0.15, -0.1) is 11.3 Å². The highest BCUT2D eigenvalue weighted by atomic mass is 32.1. The minimum atomic E-state index is -0.179. The Morgan fingerprint density at radius 1 is 1.22 bits per heavy atom. The number of hydrogen-bond donors (Lipinski definition) is 1. The monoisotopic (exact) mass is 329 g/mol. The van der Waals surface area contributed by atoms with Gasteiger partial charge in [-0.05, 0) is 26.8 Å². The lowest BCUT2D eigenvalue weighted by molar-refractivity contribution is 0.0954. The fraction of sp³-hybridized carbons (Fsp3) is 0.267. The lowest BCUT2D eigenvalue weighted by Gasteiger charge is -2.03. The molecule has 1 amide bonds. The smallest absolute Gasteiger partial charge is 0.263 e. The van der Waals surface area contributed by atoms with Crippen molar-refractivity contribution in [1.82, 2.24) is 25.4 Å². The summed E-state index contributed by atoms with van der Waals surface area (Å²) >= 11 is 1.28. The van der Waals surface area contributed by atoms with Gasteiger partial charge >= 0.3 is 0 Å². The van der Waals surface area contributed by atoms with Gasteiger partial charge in [0.1, 0.15) is 10.6 Å². The number of nitrogens with one attached hydrogen (secondary N) is 1. The minimum Gasteiger partial charge on any atom is -0.361 e. The standard InChI is InChI=1S/C15H15N5O2S/c1-8-11(10(3)22-20-8)7-18-14(21)12-9(2)19-15(23-12)13-16-5-4-6-17-13/h4-6H,7H2,1-3H3,(H,18,21). The van der Waals surface area contributed by atoms with Crippen LogP contribution >= 0.6 is 11.3 Å². The fourth-order valence-electron chi connectivity index (χ4n) is 2.12. The maximum atomic E-state index is 12.4. The van der Waals surface area contributed by atoms with Crippen LogP contribution in [-0.4, -0.2) is 26.0 Å². The number of aryl methyl sites for hydroxylation is 3. The van der Waals surface area contributed by atoms with E-state index in [1.165, 1.54) is 11.3 Å². The van der Waals surface area contributed by atoms with Crippen LogP contribution in [0.1, 0.15) is 32.4 Å². The Kier molecular flexibility index (Phi) is 4.16. The summed E-state index contributed by atoms with van der Waals surface area (Å²) in [5.74, 6) is 1.05. The molecule has 0 aliphatic carbocycles. The van der Waals surface area contributed by atoms with Crippen molar-refractivity contribution >= 4 is 17.2 Å². The van der Waals surface area contributed by atoms with Crippen molar-refractivity contribution in [3.05, 3.63) is 46.0 Å². The molecule has 0 spiro atoms. The van der Waals surface area contributed by atoms with Gasteiger partial charge in [0.15, 0.2) is 10.8 Å². The van der Waals surface area contributed by atoms with Gasteiger partial charge in [-0.25, -0.2) is 15.0 Å². The van der Waals surface area contributed by atoms with E-state index in [0.717, 1.165) is 11.3 Å². The third-order valence-electron chi connectivity index (χ3n) is 3.37. The number of nitrogens with zero attached hydrogens (tertiary/aromatic N) is 4. The molecule has 7 nitrogen and oxygen atoms in total. The van der Waals surface area contributed by atoms with Gasteiger partial charge in [0, 0.05) is 24.5 Å². The average Bonchev–Trinajstić information content (AvgIpc) is 3.09. The number of rotatable bonds is 4. The van der Waals surface area contributed by atoms with Gasteiger partial charge in [-0.3, -0.25) is 4.79 Å². The van der Waals surface area contributed by atoms with E-state index < -0.39 is 0 Å². The molecule has 0 bridgehead atoms. The topological polar surface area (TPSA) is 93.8 Å². The largest absolute Gasteiger partial charge is 0.361 e. The maximum absolute atomic E-state index is 12.4. The summed E-state index contributed by atoms with van der Waals surface area (Å²) in [6.45, 7) is 5.84. The highest BCUT2D eigenvalue weighted by Crippen LogP contribution is 2.25. The average molecular weight is 329 g/mol. The Morgan fingerprint density at radius 3 is 2.61 bits per heavy atom. The summed E-state index contributed by atoms with van der Waals surface area (Å²) in [6.07, 6.45) is 3.30. The summed E-state index contributed by atoms with van der Waals surface area (Å²) < 4.78 is 5.09. The van der Waals surface area contributed by atoms with E-state index >= 15 is 0 Å². The summed E-state index contributed by atoms with van der Waals surface area (Å²) in [4.78, 5) is 25.6. The molecule has 0 radical (unpaired) electrons. The number of carbonyl (C=O) groups excluding carboxylic acids is 1. The third kappa shape index (κ3) is 3.11. The first-order valence-corrected chi connectivity index (χ1v) is 7.82.